The van der Waals surface area contributed by atoms with E-state index in [4.69, 9.17) is 9.26 Å². The van der Waals surface area contributed by atoms with Gasteiger partial charge in [-0.1, -0.05) is 35.5 Å². The van der Waals surface area contributed by atoms with Gasteiger partial charge in [-0.3, -0.25) is 9.69 Å². The molecule has 0 saturated carbocycles. The van der Waals surface area contributed by atoms with Gasteiger partial charge in [-0.15, -0.1) is 0 Å². The summed E-state index contributed by atoms with van der Waals surface area (Å²) in [5, 5.41) is 9.48. The van der Waals surface area contributed by atoms with Crippen LogP contribution in [0.15, 0.2) is 71.3 Å². The van der Waals surface area contributed by atoms with E-state index in [-0.39, 0.29) is 11.8 Å². The number of aromatic nitrogens is 2. The number of carbonyl (C=O) groups excluding carboxylic acids is 1. The summed E-state index contributed by atoms with van der Waals surface area (Å²) in [7, 11) is 1.63. The number of nitrogens with zero attached hydrogens (tertiary/aromatic N) is 3. The van der Waals surface area contributed by atoms with Crippen LogP contribution in [-0.2, 0) is 11.3 Å². The highest BCUT2D eigenvalue weighted by molar-refractivity contribution is 5.95. The standard InChI is InChI=1S/C26H26N4O3/c1-32-23-12-9-19(10-13-23)25-28-24(33-29-25)17-30-14-4-7-21(16-30)26(31)27-22-11-8-18-5-2-3-6-20(18)15-22/h2-3,5-6,8-13,15,21H,4,7,14,16-17H2,1H3,(H,27,31). The zero-order valence-electron chi connectivity index (χ0n) is 18.5. The number of carbonyl (C=O) groups is 1. The Labute approximate surface area is 192 Å². The molecule has 1 unspecified atom stereocenters. The fourth-order valence-electron chi connectivity index (χ4n) is 4.29. The summed E-state index contributed by atoms with van der Waals surface area (Å²) in [5.41, 5.74) is 1.70. The van der Waals surface area contributed by atoms with Gasteiger partial charge in [0.1, 0.15) is 5.75 Å². The number of hydrogen-bond acceptors (Lipinski definition) is 6. The molecule has 7 nitrogen and oxygen atoms in total. The molecule has 2 heterocycles. The summed E-state index contributed by atoms with van der Waals surface area (Å²) in [5.74, 6) is 1.86. The van der Waals surface area contributed by atoms with Crippen LogP contribution in [0.1, 0.15) is 18.7 Å². The molecule has 168 valence electrons. The molecule has 1 saturated heterocycles. The highest BCUT2D eigenvalue weighted by atomic mass is 16.5. The number of likely N-dealkylation sites (tertiary alicyclic amines) is 1. The zero-order chi connectivity index (χ0) is 22.6. The van der Waals surface area contributed by atoms with Gasteiger partial charge in [0.2, 0.25) is 17.6 Å². The molecule has 0 radical (unpaired) electrons. The number of ether oxygens (including phenoxy) is 1. The van der Waals surface area contributed by atoms with Crippen LogP contribution in [0.2, 0.25) is 0 Å². The highest BCUT2D eigenvalue weighted by Gasteiger charge is 2.27. The maximum absolute atomic E-state index is 12.9. The fourth-order valence-corrected chi connectivity index (χ4v) is 4.29. The van der Waals surface area contributed by atoms with E-state index >= 15 is 0 Å². The van der Waals surface area contributed by atoms with E-state index in [1.165, 1.54) is 0 Å². The lowest BCUT2D eigenvalue weighted by Gasteiger charge is -2.30. The Morgan fingerprint density at radius 2 is 1.94 bits per heavy atom. The largest absolute Gasteiger partial charge is 0.497 e. The second-order valence-corrected chi connectivity index (χ2v) is 8.37. The molecule has 3 aromatic carbocycles. The van der Waals surface area contributed by atoms with Crippen molar-refractivity contribution in [3.63, 3.8) is 0 Å². The van der Waals surface area contributed by atoms with E-state index in [1.54, 1.807) is 7.11 Å². The van der Waals surface area contributed by atoms with Gasteiger partial charge in [0.15, 0.2) is 0 Å². The van der Waals surface area contributed by atoms with Crippen LogP contribution < -0.4 is 10.1 Å². The second-order valence-electron chi connectivity index (χ2n) is 8.37. The van der Waals surface area contributed by atoms with Gasteiger partial charge in [0.25, 0.3) is 0 Å². The van der Waals surface area contributed by atoms with Crippen molar-refractivity contribution in [2.75, 3.05) is 25.5 Å². The molecule has 0 aliphatic carbocycles. The average Bonchev–Trinajstić information content (AvgIpc) is 3.32. The quantitative estimate of drug-likeness (QED) is 0.464. The molecular weight excluding hydrogens is 416 g/mol. The van der Waals surface area contributed by atoms with Gasteiger partial charge >= 0.3 is 0 Å². The van der Waals surface area contributed by atoms with Gasteiger partial charge in [0, 0.05) is 17.8 Å². The van der Waals surface area contributed by atoms with Crippen molar-refractivity contribution in [2.45, 2.75) is 19.4 Å². The molecular formula is C26H26N4O3. The zero-order valence-corrected chi connectivity index (χ0v) is 18.5. The van der Waals surface area contributed by atoms with Crippen molar-refractivity contribution in [1.82, 2.24) is 15.0 Å². The smallest absolute Gasteiger partial charge is 0.241 e. The molecule has 0 spiro atoms. The molecule has 1 aliphatic heterocycles. The third-order valence-electron chi connectivity index (χ3n) is 6.07. The number of methoxy groups -OCH3 is 1. The summed E-state index contributed by atoms with van der Waals surface area (Å²) < 4.78 is 10.7. The molecule has 4 aromatic rings. The van der Waals surface area contributed by atoms with Gasteiger partial charge < -0.3 is 14.6 Å². The second kappa shape index (κ2) is 9.42. The number of amides is 1. The fraction of sp³-hybridized carbons (Fsp3) is 0.269. The van der Waals surface area contributed by atoms with Crippen molar-refractivity contribution in [1.29, 1.82) is 0 Å². The highest BCUT2D eigenvalue weighted by Crippen LogP contribution is 2.24. The minimum Gasteiger partial charge on any atom is -0.497 e. The summed E-state index contributed by atoms with van der Waals surface area (Å²) in [6.07, 6.45) is 1.83. The van der Waals surface area contributed by atoms with E-state index in [9.17, 15) is 4.79 Å². The first-order valence-corrected chi connectivity index (χ1v) is 11.2. The molecule has 7 heteroatoms. The molecule has 1 fully saturated rings. The van der Waals surface area contributed by atoms with Crippen LogP contribution in [0.25, 0.3) is 22.2 Å². The van der Waals surface area contributed by atoms with Gasteiger partial charge in [-0.2, -0.15) is 4.98 Å². The third-order valence-corrected chi connectivity index (χ3v) is 6.07. The molecule has 1 amide bonds. The number of piperidine rings is 1. The first kappa shape index (κ1) is 21.2. The van der Waals surface area contributed by atoms with Gasteiger partial charge in [-0.25, -0.2) is 0 Å². The predicted octanol–water partition coefficient (Wildman–Crippen LogP) is 4.75. The van der Waals surface area contributed by atoms with Crippen LogP contribution in [0, 0.1) is 5.92 Å². The van der Waals surface area contributed by atoms with Crippen molar-refractivity contribution in [3.05, 3.63) is 72.6 Å². The lowest BCUT2D eigenvalue weighted by Crippen LogP contribution is -2.40. The van der Waals surface area contributed by atoms with Crippen molar-refractivity contribution in [3.8, 4) is 17.1 Å². The summed E-state index contributed by atoms with van der Waals surface area (Å²) in [6, 6.07) is 21.7. The summed E-state index contributed by atoms with van der Waals surface area (Å²) >= 11 is 0. The van der Waals surface area contributed by atoms with Gasteiger partial charge in [-0.05, 0) is 66.6 Å². The first-order valence-electron chi connectivity index (χ1n) is 11.2. The van der Waals surface area contributed by atoms with E-state index in [0.717, 1.165) is 47.2 Å². The summed E-state index contributed by atoms with van der Waals surface area (Å²) in [6.45, 7) is 2.10. The topological polar surface area (TPSA) is 80.5 Å². The molecule has 1 aromatic heterocycles. The number of nitrogens with one attached hydrogen (secondary N) is 1. The van der Waals surface area contributed by atoms with E-state index in [2.05, 4.69) is 32.5 Å². The Morgan fingerprint density at radius 3 is 2.76 bits per heavy atom. The Morgan fingerprint density at radius 1 is 1.12 bits per heavy atom. The number of rotatable bonds is 6. The van der Waals surface area contributed by atoms with Gasteiger partial charge in [0.05, 0.1) is 19.6 Å². The number of benzene rings is 3. The number of anilines is 1. The number of fused-ring (bicyclic) bond motifs is 1. The van der Waals surface area contributed by atoms with Crippen molar-refractivity contribution in [2.24, 2.45) is 5.92 Å². The normalized spacial score (nSPS) is 16.6. The van der Waals surface area contributed by atoms with E-state index in [1.807, 2.05) is 54.6 Å². The molecule has 5 rings (SSSR count). The average molecular weight is 443 g/mol. The maximum atomic E-state index is 12.9. The van der Waals surface area contributed by atoms with Crippen LogP contribution >= 0.6 is 0 Å². The Bertz CT molecular complexity index is 1250. The predicted molar refractivity (Wildman–Crippen MR) is 127 cm³/mol. The monoisotopic (exact) mass is 442 g/mol. The van der Waals surface area contributed by atoms with Crippen LogP contribution in [0.5, 0.6) is 5.75 Å². The molecule has 1 atom stereocenters. The SMILES string of the molecule is COc1ccc(-c2noc(CN3CCCC(C(=O)Nc4ccc5ccccc5c4)C3)n2)cc1. The lowest BCUT2D eigenvalue weighted by atomic mass is 9.97. The molecule has 0 bridgehead atoms. The Hall–Kier alpha value is -3.71. The minimum atomic E-state index is -0.0748. The summed E-state index contributed by atoms with van der Waals surface area (Å²) in [4.78, 5) is 19.7. The van der Waals surface area contributed by atoms with Crippen LogP contribution in [0.4, 0.5) is 5.69 Å². The molecule has 1 N–H and O–H groups in total. The van der Waals surface area contributed by atoms with E-state index < -0.39 is 0 Å². The molecule has 1 aliphatic rings. The Kier molecular flexibility index (Phi) is 6.04. The van der Waals surface area contributed by atoms with Crippen molar-refractivity contribution >= 4 is 22.4 Å². The van der Waals surface area contributed by atoms with E-state index in [0.29, 0.717) is 24.8 Å². The number of hydrogen-bond donors (Lipinski definition) is 1. The first-order chi connectivity index (χ1) is 16.2. The van der Waals surface area contributed by atoms with Crippen LogP contribution in [0.3, 0.4) is 0 Å². The third kappa shape index (κ3) is 4.88. The maximum Gasteiger partial charge on any atom is 0.241 e. The van der Waals surface area contributed by atoms with Crippen molar-refractivity contribution < 1.29 is 14.1 Å². The lowest BCUT2D eigenvalue weighted by molar-refractivity contribution is -0.121. The minimum absolute atomic E-state index is 0.0550. The van der Waals surface area contributed by atoms with Crippen LogP contribution in [-0.4, -0.2) is 41.1 Å². The Balaban J connectivity index is 1.20. The molecule has 33 heavy (non-hydrogen) atoms.